The van der Waals surface area contributed by atoms with Crippen LogP contribution in [0.5, 0.6) is 5.75 Å². The second-order valence-electron chi connectivity index (χ2n) is 10.1. The lowest BCUT2D eigenvalue weighted by Crippen LogP contribution is -2.49. The number of rotatable bonds is 8. The molecule has 3 aromatic carbocycles. The quantitative estimate of drug-likeness (QED) is 0.484. The zero-order chi connectivity index (χ0) is 25.4. The van der Waals surface area contributed by atoms with Gasteiger partial charge in [0.2, 0.25) is 0 Å². The second-order valence-corrected chi connectivity index (χ2v) is 10.1. The third kappa shape index (κ3) is 5.17. The zero-order valence-electron chi connectivity index (χ0n) is 20.5. The second kappa shape index (κ2) is 10.1. The molecule has 2 N–H and O–H groups in total. The van der Waals surface area contributed by atoms with Crippen molar-refractivity contribution in [3.8, 4) is 5.75 Å². The number of hydrogen-bond donors (Lipinski definition) is 2. The van der Waals surface area contributed by atoms with Gasteiger partial charge in [0.15, 0.2) is 5.71 Å². The number of carbonyl (C=O) groups excluding carboxylic acids is 1. The maximum Gasteiger partial charge on any atom is 0.274 e. The molecule has 1 amide bonds. The van der Waals surface area contributed by atoms with Crippen molar-refractivity contribution in [3.05, 3.63) is 77.1 Å². The van der Waals surface area contributed by atoms with Gasteiger partial charge in [-0.2, -0.15) is 0 Å². The molecule has 0 radical (unpaired) electrons. The molecule has 2 unspecified atom stereocenters. The normalized spacial score (nSPS) is 19.0. The standard InChI is InChI=1S/C29H30FN3O4/c30-20-6-12-23-19(15-20)5-11-24-25(23)17-36-32-27(24)29(35)31-26(16-33-13-1-2-14-33)28(34)18-3-7-21(8-4-18)37-22-9-10-22/h3-8,11-12,15,22,26,28,34H,1-2,9-10,13-14,16-17H2,(H,31,35). The molecule has 1 saturated carbocycles. The molecule has 3 aliphatic rings. The number of likely N-dealkylation sites (tertiary alicyclic amines) is 1. The maximum absolute atomic E-state index is 13.7. The van der Waals surface area contributed by atoms with E-state index in [4.69, 9.17) is 9.57 Å². The Kier molecular flexibility index (Phi) is 6.52. The number of ether oxygens (including phenoxy) is 1. The Bertz CT molecular complexity index is 1330. The minimum Gasteiger partial charge on any atom is -0.490 e. The van der Waals surface area contributed by atoms with E-state index < -0.39 is 18.1 Å². The largest absolute Gasteiger partial charge is 0.490 e. The van der Waals surface area contributed by atoms with Gasteiger partial charge in [-0.15, -0.1) is 0 Å². The van der Waals surface area contributed by atoms with Gasteiger partial charge in [0.1, 0.15) is 24.3 Å². The summed E-state index contributed by atoms with van der Waals surface area (Å²) in [5, 5.41) is 20.0. The molecule has 0 bridgehead atoms. The van der Waals surface area contributed by atoms with E-state index in [-0.39, 0.29) is 18.1 Å². The number of fused-ring (bicyclic) bond motifs is 3. The van der Waals surface area contributed by atoms with E-state index in [1.165, 1.54) is 12.1 Å². The molecular formula is C29H30FN3O4. The summed E-state index contributed by atoms with van der Waals surface area (Å²) in [5.41, 5.74) is 2.31. The van der Waals surface area contributed by atoms with Crippen LogP contribution in [0, 0.1) is 5.82 Å². The van der Waals surface area contributed by atoms with Crippen molar-refractivity contribution in [2.75, 3.05) is 19.6 Å². The monoisotopic (exact) mass is 503 g/mol. The lowest BCUT2D eigenvalue weighted by atomic mass is 9.95. The maximum atomic E-state index is 13.7. The molecule has 3 aromatic rings. The summed E-state index contributed by atoms with van der Waals surface area (Å²) in [4.78, 5) is 21.2. The van der Waals surface area contributed by atoms with Crippen LogP contribution in [0.25, 0.3) is 10.8 Å². The number of nitrogens with one attached hydrogen (secondary N) is 1. The van der Waals surface area contributed by atoms with Crippen molar-refractivity contribution < 1.29 is 23.9 Å². The van der Waals surface area contributed by atoms with Gasteiger partial charge in [0, 0.05) is 17.7 Å². The number of benzene rings is 3. The highest BCUT2D eigenvalue weighted by Crippen LogP contribution is 2.30. The van der Waals surface area contributed by atoms with Gasteiger partial charge in [-0.3, -0.25) is 4.79 Å². The molecule has 37 heavy (non-hydrogen) atoms. The number of aliphatic hydroxyl groups is 1. The SMILES string of the molecule is O=C(NC(CN1CCCC1)C(O)c1ccc(OC2CC2)cc1)C1=NOCc2c1ccc1cc(F)ccc21. The minimum atomic E-state index is -0.913. The Morgan fingerprint density at radius 3 is 2.68 bits per heavy atom. The van der Waals surface area contributed by atoms with E-state index in [0.29, 0.717) is 23.8 Å². The Morgan fingerprint density at radius 2 is 1.92 bits per heavy atom. The molecule has 0 spiro atoms. The van der Waals surface area contributed by atoms with E-state index in [2.05, 4.69) is 15.4 Å². The first-order valence-corrected chi connectivity index (χ1v) is 12.9. The summed E-state index contributed by atoms with van der Waals surface area (Å²) >= 11 is 0. The van der Waals surface area contributed by atoms with E-state index in [1.807, 2.05) is 24.3 Å². The van der Waals surface area contributed by atoms with Crippen LogP contribution < -0.4 is 10.1 Å². The van der Waals surface area contributed by atoms with Crippen molar-refractivity contribution in [2.45, 2.75) is 50.5 Å². The highest BCUT2D eigenvalue weighted by molar-refractivity contribution is 6.46. The predicted octanol–water partition coefficient (Wildman–Crippen LogP) is 4.07. The summed E-state index contributed by atoms with van der Waals surface area (Å²) < 4.78 is 19.6. The van der Waals surface area contributed by atoms with Crippen molar-refractivity contribution >= 4 is 22.4 Å². The van der Waals surface area contributed by atoms with Crippen LogP contribution in [0.3, 0.4) is 0 Å². The average molecular weight is 504 g/mol. The highest BCUT2D eigenvalue weighted by atomic mass is 19.1. The fraction of sp³-hybridized carbons (Fsp3) is 0.379. The number of hydrogen-bond acceptors (Lipinski definition) is 6. The van der Waals surface area contributed by atoms with Crippen LogP contribution in [0.15, 0.2) is 59.8 Å². The van der Waals surface area contributed by atoms with Gasteiger partial charge >= 0.3 is 0 Å². The van der Waals surface area contributed by atoms with Crippen LogP contribution in [-0.2, 0) is 16.2 Å². The van der Waals surface area contributed by atoms with E-state index in [1.54, 1.807) is 18.2 Å². The lowest BCUT2D eigenvalue weighted by molar-refractivity contribution is -0.116. The molecule has 6 rings (SSSR count). The molecule has 8 heteroatoms. The Hall–Kier alpha value is -3.49. The summed E-state index contributed by atoms with van der Waals surface area (Å²) in [7, 11) is 0. The smallest absolute Gasteiger partial charge is 0.274 e. The number of oxime groups is 1. The first-order valence-electron chi connectivity index (χ1n) is 12.9. The summed E-state index contributed by atoms with van der Waals surface area (Å²) in [5.74, 6) is 0.0528. The van der Waals surface area contributed by atoms with Crippen LogP contribution in [0.2, 0.25) is 0 Å². The molecule has 2 fully saturated rings. The highest BCUT2D eigenvalue weighted by Gasteiger charge is 2.31. The lowest BCUT2D eigenvalue weighted by Gasteiger charge is -2.29. The fourth-order valence-corrected chi connectivity index (χ4v) is 5.18. The van der Waals surface area contributed by atoms with Gasteiger partial charge in [0.05, 0.1) is 12.1 Å². The third-order valence-electron chi connectivity index (χ3n) is 7.33. The third-order valence-corrected chi connectivity index (χ3v) is 7.33. The van der Waals surface area contributed by atoms with Crippen LogP contribution in [0.1, 0.15) is 48.5 Å². The van der Waals surface area contributed by atoms with Crippen LogP contribution in [0.4, 0.5) is 4.39 Å². The number of amides is 1. The summed E-state index contributed by atoms with van der Waals surface area (Å²) in [6, 6.07) is 15.0. The van der Waals surface area contributed by atoms with Crippen molar-refractivity contribution in [1.82, 2.24) is 10.2 Å². The molecule has 2 heterocycles. The minimum absolute atomic E-state index is 0.152. The van der Waals surface area contributed by atoms with Crippen molar-refractivity contribution in [3.63, 3.8) is 0 Å². The fourth-order valence-electron chi connectivity index (χ4n) is 5.18. The first kappa shape index (κ1) is 23.9. The molecule has 7 nitrogen and oxygen atoms in total. The van der Waals surface area contributed by atoms with Gasteiger partial charge in [-0.05, 0) is 79.4 Å². The molecule has 1 aliphatic carbocycles. The topological polar surface area (TPSA) is 83.4 Å². The number of aliphatic hydroxyl groups excluding tert-OH is 1. The van der Waals surface area contributed by atoms with Gasteiger partial charge in [-0.1, -0.05) is 35.5 Å². The van der Waals surface area contributed by atoms with E-state index >= 15 is 0 Å². The predicted molar refractivity (Wildman–Crippen MR) is 138 cm³/mol. The molecule has 0 aromatic heterocycles. The Balaban J connectivity index is 1.24. The molecule has 2 aliphatic heterocycles. The van der Waals surface area contributed by atoms with E-state index in [9.17, 15) is 14.3 Å². The Labute approximate surface area is 214 Å². The molecule has 1 saturated heterocycles. The van der Waals surface area contributed by atoms with E-state index in [0.717, 1.165) is 60.9 Å². The summed E-state index contributed by atoms with van der Waals surface area (Å²) in [6.07, 6.45) is 3.76. The average Bonchev–Trinajstić information content (AvgIpc) is 3.58. The number of halogens is 1. The Morgan fingerprint density at radius 1 is 1.14 bits per heavy atom. The van der Waals surface area contributed by atoms with Crippen molar-refractivity contribution in [2.24, 2.45) is 5.16 Å². The van der Waals surface area contributed by atoms with Crippen LogP contribution in [-0.4, -0.2) is 53.4 Å². The molecule has 192 valence electrons. The van der Waals surface area contributed by atoms with Crippen LogP contribution >= 0.6 is 0 Å². The van der Waals surface area contributed by atoms with Gasteiger partial charge in [0.25, 0.3) is 5.91 Å². The zero-order valence-corrected chi connectivity index (χ0v) is 20.5. The first-order chi connectivity index (χ1) is 18.0. The molecular weight excluding hydrogens is 473 g/mol. The number of carbonyl (C=O) groups is 1. The van der Waals surface area contributed by atoms with Crippen molar-refractivity contribution in [1.29, 1.82) is 0 Å². The van der Waals surface area contributed by atoms with Gasteiger partial charge in [-0.25, -0.2) is 4.39 Å². The van der Waals surface area contributed by atoms with Gasteiger partial charge < -0.3 is 24.9 Å². The molecule has 2 atom stereocenters. The number of nitrogens with zero attached hydrogens (tertiary/aromatic N) is 2. The summed E-state index contributed by atoms with van der Waals surface area (Å²) in [6.45, 7) is 2.58.